The van der Waals surface area contributed by atoms with Gasteiger partial charge in [-0.15, -0.1) is 0 Å². The first-order chi connectivity index (χ1) is 49.2. The number of carbonyl (C=O) groups is 9. The van der Waals surface area contributed by atoms with Crippen LogP contribution in [0.4, 0.5) is 10.5 Å². The van der Waals surface area contributed by atoms with Crippen molar-refractivity contribution in [1.82, 2.24) is 47.9 Å². The maximum Gasteiger partial charge on any atom is 0.325 e. The lowest BCUT2D eigenvalue weighted by molar-refractivity contribution is -0.138. The number of imide groups is 1. The van der Waals surface area contributed by atoms with E-state index in [0.717, 1.165) is 68.5 Å². The quantitative estimate of drug-likeness (QED) is 0.0683. The van der Waals surface area contributed by atoms with Crippen LogP contribution in [0.25, 0.3) is 11.1 Å². The fourth-order valence-electron chi connectivity index (χ4n) is 14.9. The summed E-state index contributed by atoms with van der Waals surface area (Å²) in [7, 11) is 1.49. The van der Waals surface area contributed by atoms with Crippen molar-refractivity contribution in [1.29, 1.82) is 0 Å². The number of anilines is 1. The molecule has 4 aliphatic carbocycles. The van der Waals surface area contributed by atoms with E-state index in [0.29, 0.717) is 17.6 Å². The van der Waals surface area contributed by atoms with E-state index in [9.17, 15) is 45.0 Å². The molecule has 10 amide bonds. The van der Waals surface area contributed by atoms with Gasteiger partial charge in [0.15, 0.2) is 11.5 Å². The number of hydrogen-bond donors (Lipinski definition) is 17. The summed E-state index contributed by atoms with van der Waals surface area (Å²) < 4.78 is 18.1. The SMILES string of the molecule is CN[C@H](CC(C)C)C(=O)N[C@H]1C(=O)N[C@@H](CC(=O)NC(=O)Nc2ccc(OCCN)cc2)C(=O)N[C@H]2C(=O)N[C@H]3C(=O)N[C@H](C(=O)N[C@H](C(=O)NC4C5CC6CC(C5)CC4C6)c4cc(O)cc(O)c4-c4cc3ccc4O)[C@H](O)c3ccc(c(Cl)c3)Oc3cc2cc(c3O)Oc2ccc(cc2Cl)[C@H]1O. The summed E-state index contributed by atoms with van der Waals surface area (Å²) in [5.41, 5.74) is 3.95. The number of rotatable bonds is 13. The fraction of sp³-hybridized carbons (Fsp3) is 0.375. The number of aliphatic hydroxyl groups is 2. The highest BCUT2D eigenvalue weighted by atomic mass is 35.5. The van der Waals surface area contributed by atoms with Crippen LogP contribution in [-0.2, 0) is 38.4 Å². The Labute approximate surface area is 599 Å². The van der Waals surface area contributed by atoms with E-state index in [4.69, 9.17) is 43.1 Å². The molecule has 5 aliphatic heterocycles. The number of phenols is 4. The minimum Gasteiger partial charge on any atom is -0.508 e. The molecule has 103 heavy (non-hydrogen) atoms. The highest BCUT2D eigenvalue weighted by Crippen LogP contribution is 2.54. The van der Waals surface area contributed by atoms with Gasteiger partial charge in [0.2, 0.25) is 53.0 Å². The zero-order chi connectivity index (χ0) is 73.4. The van der Waals surface area contributed by atoms with Crippen molar-refractivity contribution in [2.45, 2.75) is 119 Å². The number of nitrogens with one attached hydrogen (secondary N) is 10. The molecule has 542 valence electrons. The predicted octanol–water partition coefficient (Wildman–Crippen LogP) is 5.45. The topological polar surface area (TPSA) is 449 Å². The van der Waals surface area contributed by atoms with Crippen LogP contribution in [0.1, 0.15) is 117 Å². The fourth-order valence-corrected chi connectivity index (χ4v) is 15.4. The van der Waals surface area contributed by atoms with E-state index >= 15 is 28.8 Å². The average Bonchev–Trinajstić information content (AvgIpc) is 0.762. The molecule has 0 unspecified atom stereocenters. The van der Waals surface area contributed by atoms with Crippen molar-refractivity contribution in [2.24, 2.45) is 35.3 Å². The normalized spacial score (nSPS) is 25.2. The number of urea groups is 1. The molecule has 0 spiro atoms. The first kappa shape index (κ1) is 72.4. The van der Waals surface area contributed by atoms with Gasteiger partial charge in [0.05, 0.1) is 22.5 Å². The summed E-state index contributed by atoms with van der Waals surface area (Å²) in [5.74, 6) is -12.3. The lowest BCUT2D eigenvalue weighted by atomic mass is 9.54. The van der Waals surface area contributed by atoms with Gasteiger partial charge in [-0.05, 0) is 182 Å². The Hall–Kier alpha value is -10.4. The molecule has 29 nitrogen and oxygen atoms in total. The van der Waals surface area contributed by atoms with Crippen molar-refractivity contribution in [2.75, 3.05) is 25.5 Å². The van der Waals surface area contributed by atoms with Crippen LogP contribution < -0.4 is 73.1 Å². The average molecular weight is 1460 g/mol. The smallest absolute Gasteiger partial charge is 0.325 e. The highest BCUT2D eigenvalue weighted by molar-refractivity contribution is 6.32. The Morgan fingerprint density at radius 1 is 0.631 bits per heavy atom. The molecule has 0 radical (unpaired) electrons. The van der Waals surface area contributed by atoms with E-state index in [1.165, 1.54) is 73.8 Å². The summed E-state index contributed by atoms with van der Waals surface area (Å²) in [6.45, 7) is 4.09. The van der Waals surface area contributed by atoms with Gasteiger partial charge in [0.25, 0.3) is 0 Å². The Bertz CT molecular complexity index is 4340. The van der Waals surface area contributed by atoms with Crippen molar-refractivity contribution in [3.05, 3.63) is 141 Å². The molecule has 5 heterocycles. The van der Waals surface area contributed by atoms with E-state index < -0.39 is 149 Å². The van der Waals surface area contributed by atoms with Gasteiger partial charge in [0.1, 0.15) is 89.6 Å². The van der Waals surface area contributed by atoms with Gasteiger partial charge in [-0.3, -0.25) is 43.7 Å². The van der Waals surface area contributed by atoms with Crippen molar-refractivity contribution >= 4 is 82.2 Å². The molecule has 4 fully saturated rings. The lowest BCUT2D eigenvalue weighted by Crippen LogP contribution is -2.59. The maximum absolute atomic E-state index is 16.0. The van der Waals surface area contributed by atoms with Crippen molar-refractivity contribution in [3.63, 3.8) is 0 Å². The van der Waals surface area contributed by atoms with E-state index in [2.05, 4.69) is 53.2 Å². The van der Waals surface area contributed by atoms with Gasteiger partial charge in [0, 0.05) is 35.5 Å². The zero-order valence-corrected chi connectivity index (χ0v) is 57.3. The lowest BCUT2D eigenvalue weighted by Gasteiger charge is -2.54. The molecule has 0 saturated heterocycles. The standard InChI is InChI=1S/C72H77Cl2N11O18/c1-30(2)16-46(76-3)65(93)84-60-62(90)34-5-12-50(44(73)23-34)102-52-25-38-26-53(64(52)92)103-51-13-6-35(24-45(51)74)63(91)61-71(99)83-59(69(97)80-56-36-18-31-17-32(20-36)21-37(56)19-31)43-27-40(86)28-49(88)55(43)42-22-33(4-11-48(42)87)57(67(95)85-61)82-68(96)58(38)81-66(94)47(78-70(60)98)29-54(89)79-72(100)77-39-7-9-41(10-8-39)101-15-14-75/h4-13,22-28,30-32,36-37,46-47,56-63,76,86-88,90-92H,14-21,29,75H2,1-3H3,(H,78,98)(H,80,97)(H,81,94)(H,82,96)(H,83,99)(H,84,93)(H,85,95)(H2,77,79,89,100)/t31?,32?,36?,37?,46-,47+,56?,57-,58-,59+,60-,61+,62-,63-/m1/s1. The minimum atomic E-state index is -2.25. The van der Waals surface area contributed by atoms with Gasteiger partial charge < -0.3 is 98.4 Å². The largest absolute Gasteiger partial charge is 0.508 e. The molecule has 4 saturated carbocycles. The third-order valence-corrected chi connectivity index (χ3v) is 20.2. The second-order valence-electron chi connectivity index (χ2n) is 27.2. The van der Waals surface area contributed by atoms with Crippen LogP contribution in [0.15, 0.2) is 103 Å². The third kappa shape index (κ3) is 15.7. The number of aromatic hydroxyl groups is 4. The molecular weight excluding hydrogens is 1380 g/mol. The highest BCUT2D eigenvalue weighted by Gasteiger charge is 2.50. The first-order valence-corrected chi connectivity index (χ1v) is 34.4. The summed E-state index contributed by atoms with van der Waals surface area (Å²) in [4.78, 5) is 135. The van der Waals surface area contributed by atoms with Gasteiger partial charge >= 0.3 is 6.03 Å². The number of hydrogen-bond acceptors (Lipinski definition) is 20. The van der Waals surface area contributed by atoms with Crippen LogP contribution in [0, 0.1) is 29.6 Å². The summed E-state index contributed by atoms with van der Waals surface area (Å²) in [6.07, 6.45) is -0.459. The third-order valence-electron chi connectivity index (χ3n) is 19.6. The number of ether oxygens (including phenoxy) is 3. The molecule has 0 aromatic heterocycles. The second-order valence-corrected chi connectivity index (χ2v) is 28.0. The van der Waals surface area contributed by atoms with Crippen LogP contribution in [0.2, 0.25) is 10.0 Å². The van der Waals surface area contributed by atoms with Gasteiger partial charge in [-0.2, -0.15) is 0 Å². The van der Waals surface area contributed by atoms with Gasteiger partial charge in [-0.25, -0.2) is 4.79 Å². The summed E-state index contributed by atoms with van der Waals surface area (Å²) in [6, 6.07) is 5.79. The number of benzene rings is 6. The molecule has 6 aromatic rings. The van der Waals surface area contributed by atoms with Crippen LogP contribution in [-0.4, -0.2) is 134 Å². The molecule has 15 rings (SSSR count). The van der Waals surface area contributed by atoms with Crippen molar-refractivity contribution < 1.29 is 88.0 Å². The maximum atomic E-state index is 16.0. The van der Waals surface area contributed by atoms with Crippen LogP contribution in [0.3, 0.4) is 0 Å². The summed E-state index contributed by atoms with van der Waals surface area (Å²) >= 11 is 13.9. The first-order valence-electron chi connectivity index (χ1n) is 33.6. The molecule has 6 aromatic carbocycles. The Morgan fingerprint density at radius 2 is 1.23 bits per heavy atom. The molecule has 18 N–H and O–H groups in total. The predicted molar refractivity (Wildman–Crippen MR) is 370 cm³/mol. The molecular formula is C72H77Cl2N11O18. The second kappa shape index (κ2) is 30.3. The number of carbonyl (C=O) groups excluding carboxylic acids is 9. The zero-order valence-electron chi connectivity index (χ0n) is 55.8. The van der Waals surface area contributed by atoms with E-state index in [1.54, 1.807) is 0 Å². The summed E-state index contributed by atoms with van der Waals surface area (Å²) in [5, 5.41) is 97.5. The molecule has 9 aliphatic rings. The Balaban J connectivity index is 0.992. The Morgan fingerprint density at radius 3 is 1.84 bits per heavy atom. The van der Waals surface area contributed by atoms with Crippen molar-refractivity contribution in [3.8, 4) is 62.9 Å². The number of halogens is 2. The van der Waals surface area contributed by atoms with Crippen LogP contribution >= 0.6 is 23.2 Å². The number of likely N-dealkylation sites (N-methyl/N-ethyl adjacent to an activating group) is 1. The number of fused-ring (bicyclic) bond motifs is 15. The van der Waals surface area contributed by atoms with Gasteiger partial charge in [-0.1, -0.05) is 55.2 Å². The van der Waals surface area contributed by atoms with E-state index in [1.807, 2.05) is 13.8 Å². The number of nitrogens with two attached hydrogens (primary N) is 1. The molecule has 31 heteroatoms. The molecule has 15 bridgehead atoms. The van der Waals surface area contributed by atoms with Crippen LogP contribution in [0.5, 0.6) is 51.7 Å². The number of amides is 10. The minimum absolute atomic E-state index is 0.0806. The molecule has 9 atom stereocenters. The Kier molecular flexibility index (Phi) is 21.3. The monoisotopic (exact) mass is 1450 g/mol. The van der Waals surface area contributed by atoms with E-state index in [-0.39, 0.29) is 110 Å². The number of phenolic OH excluding ortho intramolecular Hbond substituents is 4. The number of aliphatic hydroxyl groups excluding tert-OH is 2.